The topological polar surface area (TPSA) is 40.5 Å². The van der Waals surface area contributed by atoms with Crippen LogP contribution in [0.3, 0.4) is 0 Å². The standard InChI is InChI=1S/C20H24FNO2S/c1-20(2)8-7-16-15(10-20)17(19(23)24)18(25-16)14-9-13(21)6-5-12(14)11-22(3)4/h5-6,9H,7-8,10-11H2,1-4H3,(H,23,24). The van der Waals surface area contributed by atoms with Crippen LogP contribution in [0.25, 0.3) is 10.4 Å². The van der Waals surface area contributed by atoms with Crippen LogP contribution in [0.2, 0.25) is 0 Å². The van der Waals surface area contributed by atoms with Gasteiger partial charge in [0.05, 0.1) is 5.56 Å². The number of benzene rings is 1. The Morgan fingerprint density at radius 2 is 2.08 bits per heavy atom. The average molecular weight is 361 g/mol. The molecule has 1 aromatic heterocycles. The molecule has 0 bridgehead atoms. The first kappa shape index (κ1) is 18.1. The molecule has 2 aromatic rings. The van der Waals surface area contributed by atoms with E-state index in [1.807, 2.05) is 19.0 Å². The lowest BCUT2D eigenvalue weighted by Gasteiger charge is -2.29. The zero-order valence-corrected chi connectivity index (χ0v) is 16.0. The summed E-state index contributed by atoms with van der Waals surface area (Å²) in [5, 5.41) is 9.89. The normalized spacial score (nSPS) is 16.1. The van der Waals surface area contributed by atoms with Crippen LogP contribution >= 0.6 is 11.3 Å². The zero-order chi connectivity index (χ0) is 18.4. The maximum Gasteiger partial charge on any atom is 0.337 e. The van der Waals surface area contributed by atoms with Gasteiger partial charge in [0.2, 0.25) is 0 Å². The minimum Gasteiger partial charge on any atom is -0.478 e. The summed E-state index contributed by atoms with van der Waals surface area (Å²) in [6.07, 6.45) is 2.71. The van der Waals surface area contributed by atoms with Crippen LogP contribution in [-0.2, 0) is 19.4 Å². The summed E-state index contributed by atoms with van der Waals surface area (Å²) in [5.74, 6) is -1.24. The lowest BCUT2D eigenvalue weighted by molar-refractivity contribution is 0.0696. The van der Waals surface area contributed by atoms with Crippen LogP contribution in [-0.4, -0.2) is 30.1 Å². The third-order valence-electron chi connectivity index (χ3n) is 4.79. The van der Waals surface area contributed by atoms with E-state index in [4.69, 9.17) is 0 Å². The summed E-state index contributed by atoms with van der Waals surface area (Å²) in [6.45, 7) is 5.00. The highest BCUT2D eigenvalue weighted by Crippen LogP contribution is 2.45. The average Bonchev–Trinajstić information content (AvgIpc) is 2.85. The van der Waals surface area contributed by atoms with Crippen LogP contribution < -0.4 is 0 Å². The molecule has 0 amide bonds. The Balaban J connectivity index is 2.20. The number of aryl methyl sites for hydroxylation is 1. The van der Waals surface area contributed by atoms with Gasteiger partial charge >= 0.3 is 5.97 Å². The van der Waals surface area contributed by atoms with E-state index < -0.39 is 5.97 Å². The maximum absolute atomic E-state index is 14.0. The molecule has 1 heterocycles. The van der Waals surface area contributed by atoms with E-state index in [2.05, 4.69) is 13.8 Å². The predicted molar refractivity (Wildman–Crippen MR) is 99.9 cm³/mol. The van der Waals surface area contributed by atoms with Gasteiger partial charge in [-0.1, -0.05) is 19.9 Å². The molecule has 0 fully saturated rings. The van der Waals surface area contributed by atoms with Gasteiger partial charge in [0.1, 0.15) is 5.82 Å². The Hall–Kier alpha value is -1.72. The van der Waals surface area contributed by atoms with Crippen molar-refractivity contribution in [2.75, 3.05) is 14.1 Å². The summed E-state index contributed by atoms with van der Waals surface area (Å²) < 4.78 is 14.0. The number of halogens is 1. The first-order valence-electron chi connectivity index (χ1n) is 8.49. The summed E-state index contributed by atoms with van der Waals surface area (Å²) in [7, 11) is 3.90. The molecule has 1 N–H and O–H groups in total. The van der Waals surface area contributed by atoms with Crippen molar-refractivity contribution in [1.29, 1.82) is 0 Å². The third kappa shape index (κ3) is 3.62. The Morgan fingerprint density at radius 1 is 1.36 bits per heavy atom. The lowest BCUT2D eigenvalue weighted by Crippen LogP contribution is -2.22. The number of carbonyl (C=O) groups is 1. The lowest BCUT2D eigenvalue weighted by atomic mass is 9.76. The highest BCUT2D eigenvalue weighted by atomic mass is 32.1. The van der Waals surface area contributed by atoms with Gasteiger partial charge < -0.3 is 10.0 Å². The third-order valence-corrected chi connectivity index (χ3v) is 6.12. The summed E-state index contributed by atoms with van der Waals surface area (Å²) in [5.41, 5.74) is 3.08. The van der Waals surface area contributed by atoms with Crippen LogP contribution in [0, 0.1) is 11.2 Å². The van der Waals surface area contributed by atoms with Crippen LogP contribution in [0.4, 0.5) is 4.39 Å². The van der Waals surface area contributed by atoms with Crippen LogP contribution in [0.5, 0.6) is 0 Å². The molecule has 1 aromatic carbocycles. The highest BCUT2D eigenvalue weighted by molar-refractivity contribution is 7.16. The van der Waals surface area contributed by atoms with Crippen LogP contribution in [0.1, 0.15) is 46.6 Å². The van der Waals surface area contributed by atoms with Gasteiger partial charge in [-0.25, -0.2) is 9.18 Å². The molecule has 0 unspecified atom stereocenters. The number of hydrogen-bond donors (Lipinski definition) is 1. The minimum atomic E-state index is -0.912. The fourth-order valence-electron chi connectivity index (χ4n) is 3.57. The second-order valence-corrected chi connectivity index (χ2v) is 9.00. The van der Waals surface area contributed by atoms with Gasteiger partial charge in [-0.3, -0.25) is 0 Å². The van der Waals surface area contributed by atoms with Crippen molar-refractivity contribution in [1.82, 2.24) is 4.90 Å². The molecule has 3 nitrogen and oxygen atoms in total. The fraction of sp³-hybridized carbons (Fsp3) is 0.450. The SMILES string of the molecule is CN(C)Cc1ccc(F)cc1-c1sc2c(c1C(=O)O)CC(C)(C)CC2. The van der Waals surface area contributed by atoms with Crippen molar-refractivity contribution >= 4 is 17.3 Å². The van der Waals surface area contributed by atoms with Crippen molar-refractivity contribution < 1.29 is 14.3 Å². The van der Waals surface area contributed by atoms with E-state index in [1.54, 1.807) is 6.07 Å². The van der Waals surface area contributed by atoms with Crippen molar-refractivity contribution in [3.8, 4) is 10.4 Å². The largest absolute Gasteiger partial charge is 0.478 e. The molecule has 0 aliphatic heterocycles. The fourth-order valence-corrected chi connectivity index (χ4v) is 4.94. The summed E-state index contributed by atoms with van der Waals surface area (Å²) in [6, 6.07) is 4.69. The smallest absolute Gasteiger partial charge is 0.337 e. The van der Waals surface area contributed by atoms with Gasteiger partial charge in [0, 0.05) is 16.3 Å². The zero-order valence-electron chi connectivity index (χ0n) is 15.1. The van der Waals surface area contributed by atoms with E-state index in [0.717, 1.165) is 35.3 Å². The Kier molecular flexibility index (Phi) is 4.73. The molecule has 0 spiro atoms. The predicted octanol–water partition coefficient (Wildman–Crippen LogP) is 4.83. The monoisotopic (exact) mass is 361 g/mol. The highest BCUT2D eigenvalue weighted by Gasteiger charge is 2.33. The minimum absolute atomic E-state index is 0.101. The molecule has 25 heavy (non-hydrogen) atoms. The number of nitrogens with zero attached hydrogens (tertiary/aromatic N) is 1. The molecule has 0 radical (unpaired) electrons. The van der Waals surface area contributed by atoms with E-state index in [9.17, 15) is 14.3 Å². The molecule has 0 saturated carbocycles. The molecule has 0 atom stereocenters. The number of carboxylic acid groups (broad SMARTS) is 1. The van der Waals surface area contributed by atoms with Crippen molar-refractivity contribution in [2.45, 2.75) is 39.7 Å². The molecule has 5 heteroatoms. The van der Waals surface area contributed by atoms with Gasteiger partial charge in [-0.2, -0.15) is 0 Å². The van der Waals surface area contributed by atoms with Crippen molar-refractivity contribution in [2.24, 2.45) is 5.41 Å². The Morgan fingerprint density at radius 3 is 2.72 bits per heavy atom. The number of hydrogen-bond acceptors (Lipinski definition) is 3. The molecule has 1 aliphatic rings. The summed E-state index contributed by atoms with van der Waals surface area (Å²) >= 11 is 1.53. The molecule has 0 saturated heterocycles. The van der Waals surface area contributed by atoms with Crippen molar-refractivity contribution in [3.63, 3.8) is 0 Å². The number of fused-ring (bicyclic) bond motifs is 1. The molecular weight excluding hydrogens is 337 g/mol. The maximum atomic E-state index is 14.0. The van der Waals surface area contributed by atoms with E-state index in [0.29, 0.717) is 22.5 Å². The number of aromatic carboxylic acids is 1. The molecule has 1 aliphatic carbocycles. The van der Waals surface area contributed by atoms with Crippen LogP contribution in [0.15, 0.2) is 18.2 Å². The quantitative estimate of drug-likeness (QED) is 0.848. The molecule has 3 rings (SSSR count). The number of carboxylic acids is 1. The molecule has 134 valence electrons. The summed E-state index contributed by atoms with van der Waals surface area (Å²) in [4.78, 5) is 15.9. The van der Waals surface area contributed by atoms with Gasteiger partial charge in [-0.15, -0.1) is 11.3 Å². The van der Waals surface area contributed by atoms with E-state index >= 15 is 0 Å². The second kappa shape index (κ2) is 6.54. The first-order valence-corrected chi connectivity index (χ1v) is 9.31. The van der Waals surface area contributed by atoms with Gasteiger partial charge in [-0.05, 0) is 67.6 Å². The second-order valence-electron chi connectivity index (χ2n) is 7.89. The van der Waals surface area contributed by atoms with E-state index in [-0.39, 0.29) is 11.2 Å². The first-order chi connectivity index (χ1) is 11.7. The van der Waals surface area contributed by atoms with E-state index in [1.165, 1.54) is 23.5 Å². The number of rotatable bonds is 4. The van der Waals surface area contributed by atoms with Gasteiger partial charge in [0.15, 0.2) is 0 Å². The molecular formula is C20H24FNO2S. The Labute approximate surface area is 152 Å². The Bertz CT molecular complexity index is 823. The number of thiophene rings is 1. The van der Waals surface area contributed by atoms with Gasteiger partial charge in [0.25, 0.3) is 0 Å². The van der Waals surface area contributed by atoms with Crippen molar-refractivity contribution in [3.05, 3.63) is 45.6 Å².